The van der Waals surface area contributed by atoms with Gasteiger partial charge < -0.3 is 26.2 Å². The van der Waals surface area contributed by atoms with Gasteiger partial charge in [-0.05, 0) is 35.7 Å². The Labute approximate surface area is 157 Å². The van der Waals surface area contributed by atoms with Crippen molar-refractivity contribution in [2.24, 2.45) is 0 Å². The number of fused-ring (bicyclic) bond motifs is 1. The molecule has 2 unspecified atom stereocenters. The second-order valence-electron chi connectivity index (χ2n) is 6.92. The molecule has 7 heteroatoms. The summed E-state index contributed by atoms with van der Waals surface area (Å²) in [6, 6.07) is 12.4. The van der Waals surface area contributed by atoms with Crippen LogP contribution in [0, 0.1) is 0 Å². The Morgan fingerprint density at radius 2 is 1.96 bits per heavy atom. The lowest BCUT2D eigenvalue weighted by molar-refractivity contribution is -0.124. The van der Waals surface area contributed by atoms with Crippen molar-refractivity contribution < 1.29 is 19.8 Å². The molecule has 2 aromatic rings. The second-order valence-corrected chi connectivity index (χ2v) is 6.92. The molecule has 0 saturated carbocycles. The fourth-order valence-corrected chi connectivity index (χ4v) is 3.44. The van der Waals surface area contributed by atoms with E-state index in [0.29, 0.717) is 13.0 Å². The number of benzene rings is 2. The molecule has 1 fully saturated rings. The predicted octanol–water partition coefficient (Wildman–Crippen LogP) is 1.25. The van der Waals surface area contributed by atoms with E-state index in [0.717, 1.165) is 29.3 Å². The summed E-state index contributed by atoms with van der Waals surface area (Å²) in [6.07, 6.45) is -0.217. The Kier molecular flexibility index (Phi) is 6.26. The number of aliphatic hydroxyl groups is 1. The molecule has 3 atom stereocenters. The minimum atomic E-state index is -1.25. The summed E-state index contributed by atoms with van der Waals surface area (Å²) in [5, 5.41) is 29.6. The van der Waals surface area contributed by atoms with Crippen molar-refractivity contribution in [2.45, 2.75) is 37.5 Å². The highest BCUT2D eigenvalue weighted by Crippen LogP contribution is 2.17. The van der Waals surface area contributed by atoms with E-state index in [1.165, 1.54) is 0 Å². The lowest BCUT2D eigenvalue weighted by atomic mass is 10.00. The molecular formula is C20H25N3O4. The van der Waals surface area contributed by atoms with Crippen molar-refractivity contribution in [3.63, 3.8) is 0 Å². The molecule has 0 aliphatic carbocycles. The summed E-state index contributed by atoms with van der Waals surface area (Å²) < 4.78 is 0. The molecule has 2 amide bonds. The average molecular weight is 371 g/mol. The molecule has 27 heavy (non-hydrogen) atoms. The number of carbonyl (C=O) groups is 2. The normalized spacial score (nSPS) is 21.2. The molecule has 144 valence electrons. The standard InChI is InChI=1S/C20H25N3O4/c24-18-12-21-9-3-6-16(18)22-19(25)17(23-20(26)27)11-13-7-8-14-4-1-2-5-15(14)10-13/h1-2,4-5,7-8,10,16-18,21,23-24H,3,6,9,11-12H2,(H,22,25)(H,26,27)/t16?,17-,18?/m0/s1. The second kappa shape index (κ2) is 8.83. The van der Waals surface area contributed by atoms with Crippen LogP contribution in [0.1, 0.15) is 18.4 Å². The molecule has 0 spiro atoms. The van der Waals surface area contributed by atoms with Gasteiger partial charge in [0, 0.05) is 13.0 Å². The number of carbonyl (C=O) groups excluding carboxylic acids is 1. The van der Waals surface area contributed by atoms with Gasteiger partial charge in [-0.2, -0.15) is 0 Å². The molecule has 1 heterocycles. The van der Waals surface area contributed by atoms with Gasteiger partial charge in [-0.3, -0.25) is 4.79 Å². The average Bonchev–Trinajstić information content (AvgIpc) is 2.85. The van der Waals surface area contributed by atoms with E-state index in [1.54, 1.807) is 0 Å². The first-order valence-electron chi connectivity index (χ1n) is 9.19. The molecule has 0 bridgehead atoms. The quantitative estimate of drug-likeness (QED) is 0.543. The number of hydrogen-bond acceptors (Lipinski definition) is 4. The molecule has 3 rings (SSSR count). The zero-order valence-electron chi connectivity index (χ0n) is 15.0. The van der Waals surface area contributed by atoms with Crippen molar-refractivity contribution in [2.75, 3.05) is 13.1 Å². The molecule has 1 aliphatic heterocycles. The molecule has 1 saturated heterocycles. The third-order valence-corrected chi connectivity index (χ3v) is 4.88. The Hall–Kier alpha value is -2.64. The monoisotopic (exact) mass is 371 g/mol. The van der Waals surface area contributed by atoms with E-state index in [-0.39, 0.29) is 12.5 Å². The van der Waals surface area contributed by atoms with E-state index in [2.05, 4.69) is 16.0 Å². The van der Waals surface area contributed by atoms with Gasteiger partial charge in [0.15, 0.2) is 0 Å². The van der Waals surface area contributed by atoms with Gasteiger partial charge in [0.25, 0.3) is 0 Å². The number of rotatable bonds is 5. The van der Waals surface area contributed by atoms with E-state index >= 15 is 0 Å². The molecule has 0 aromatic heterocycles. The minimum absolute atomic E-state index is 0.240. The van der Waals surface area contributed by atoms with Crippen LogP contribution in [-0.4, -0.2) is 53.5 Å². The van der Waals surface area contributed by atoms with E-state index in [9.17, 15) is 14.7 Å². The minimum Gasteiger partial charge on any atom is -0.465 e. The number of amides is 2. The van der Waals surface area contributed by atoms with Gasteiger partial charge >= 0.3 is 6.09 Å². The summed E-state index contributed by atoms with van der Waals surface area (Å²) >= 11 is 0. The summed E-state index contributed by atoms with van der Waals surface area (Å²) in [4.78, 5) is 23.9. The summed E-state index contributed by atoms with van der Waals surface area (Å²) in [5.41, 5.74) is 0.866. The van der Waals surface area contributed by atoms with Gasteiger partial charge in [0.05, 0.1) is 12.1 Å². The van der Waals surface area contributed by atoms with Gasteiger partial charge in [-0.15, -0.1) is 0 Å². The highest BCUT2D eigenvalue weighted by molar-refractivity contribution is 5.86. The maximum absolute atomic E-state index is 12.7. The lowest BCUT2D eigenvalue weighted by Gasteiger charge is -2.25. The van der Waals surface area contributed by atoms with Crippen LogP contribution in [0.2, 0.25) is 0 Å². The number of aliphatic hydroxyl groups excluding tert-OH is 1. The number of carboxylic acid groups (broad SMARTS) is 1. The smallest absolute Gasteiger partial charge is 0.405 e. The topological polar surface area (TPSA) is 111 Å². The maximum atomic E-state index is 12.7. The van der Waals surface area contributed by atoms with E-state index in [4.69, 9.17) is 5.11 Å². The molecule has 7 nitrogen and oxygen atoms in total. The predicted molar refractivity (Wildman–Crippen MR) is 103 cm³/mol. The highest BCUT2D eigenvalue weighted by atomic mass is 16.4. The third kappa shape index (κ3) is 5.18. The zero-order chi connectivity index (χ0) is 19.2. The first-order valence-corrected chi connectivity index (χ1v) is 9.19. The maximum Gasteiger partial charge on any atom is 0.405 e. The van der Waals surface area contributed by atoms with Crippen LogP contribution >= 0.6 is 0 Å². The summed E-state index contributed by atoms with van der Waals surface area (Å²) in [7, 11) is 0. The van der Waals surface area contributed by atoms with Crippen molar-refractivity contribution in [3.05, 3.63) is 48.0 Å². The Balaban J connectivity index is 1.73. The first-order chi connectivity index (χ1) is 13.0. The Morgan fingerprint density at radius 3 is 2.74 bits per heavy atom. The molecule has 1 aliphatic rings. The highest BCUT2D eigenvalue weighted by Gasteiger charge is 2.27. The van der Waals surface area contributed by atoms with Crippen LogP contribution in [0.25, 0.3) is 10.8 Å². The van der Waals surface area contributed by atoms with Crippen LogP contribution in [-0.2, 0) is 11.2 Å². The van der Waals surface area contributed by atoms with Crippen LogP contribution < -0.4 is 16.0 Å². The molecule has 0 radical (unpaired) electrons. The van der Waals surface area contributed by atoms with Gasteiger partial charge in [0.2, 0.25) is 5.91 Å². The first kappa shape index (κ1) is 19.1. The van der Waals surface area contributed by atoms with E-state index < -0.39 is 24.1 Å². The van der Waals surface area contributed by atoms with Gasteiger partial charge in [0.1, 0.15) is 6.04 Å². The Bertz CT molecular complexity index is 811. The van der Waals surface area contributed by atoms with Crippen molar-refractivity contribution in [3.8, 4) is 0 Å². The summed E-state index contributed by atoms with van der Waals surface area (Å²) in [6.45, 7) is 1.20. The van der Waals surface area contributed by atoms with Crippen molar-refractivity contribution in [1.29, 1.82) is 0 Å². The van der Waals surface area contributed by atoms with Crippen LogP contribution in [0.4, 0.5) is 4.79 Å². The van der Waals surface area contributed by atoms with Crippen LogP contribution in [0.15, 0.2) is 42.5 Å². The number of β-amino-alcohol motifs (C(OH)–C–C–N with tert-alkyl or cyclic N) is 1. The Morgan fingerprint density at radius 1 is 1.19 bits per heavy atom. The fourth-order valence-electron chi connectivity index (χ4n) is 3.44. The number of nitrogens with one attached hydrogen (secondary N) is 3. The zero-order valence-corrected chi connectivity index (χ0v) is 15.0. The third-order valence-electron chi connectivity index (χ3n) is 4.88. The summed E-state index contributed by atoms with van der Waals surface area (Å²) in [5.74, 6) is -0.420. The van der Waals surface area contributed by atoms with Crippen LogP contribution in [0.3, 0.4) is 0 Å². The van der Waals surface area contributed by atoms with Gasteiger partial charge in [-0.1, -0.05) is 42.5 Å². The molecule has 5 N–H and O–H groups in total. The fraction of sp³-hybridized carbons (Fsp3) is 0.400. The molecule has 2 aromatic carbocycles. The van der Waals surface area contributed by atoms with E-state index in [1.807, 2.05) is 42.5 Å². The van der Waals surface area contributed by atoms with Crippen molar-refractivity contribution >= 4 is 22.8 Å². The number of hydrogen-bond donors (Lipinski definition) is 5. The van der Waals surface area contributed by atoms with Crippen LogP contribution in [0.5, 0.6) is 0 Å². The lowest BCUT2D eigenvalue weighted by Crippen LogP contribution is -2.53. The SMILES string of the molecule is O=C(O)N[C@@H](Cc1ccc2ccccc2c1)C(=O)NC1CCCNCC1O. The largest absolute Gasteiger partial charge is 0.465 e. The molecular weight excluding hydrogens is 346 g/mol. The van der Waals surface area contributed by atoms with Gasteiger partial charge in [-0.25, -0.2) is 4.79 Å². The van der Waals surface area contributed by atoms with Crippen molar-refractivity contribution in [1.82, 2.24) is 16.0 Å².